The van der Waals surface area contributed by atoms with E-state index >= 15 is 0 Å². The number of ketones is 1. The van der Waals surface area contributed by atoms with Crippen molar-refractivity contribution in [1.29, 1.82) is 0 Å². The van der Waals surface area contributed by atoms with Crippen LogP contribution in [0.1, 0.15) is 44.1 Å². The van der Waals surface area contributed by atoms with Gasteiger partial charge in [0.25, 0.3) is 5.91 Å². The molecule has 0 radical (unpaired) electrons. The predicted octanol–water partition coefficient (Wildman–Crippen LogP) is 4.43. The second kappa shape index (κ2) is 16.2. The van der Waals surface area contributed by atoms with Gasteiger partial charge < -0.3 is 30.3 Å². The minimum Gasteiger partial charge on any atom is -0.378 e. The fourth-order valence-corrected chi connectivity index (χ4v) is 5.94. The summed E-state index contributed by atoms with van der Waals surface area (Å²) in [5, 5.41) is 10.3. The van der Waals surface area contributed by atoms with Crippen LogP contribution in [0, 0.1) is 5.92 Å². The number of urea groups is 1. The summed E-state index contributed by atoms with van der Waals surface area (Å²) in [6.45, 7) is 1.74. The molecule has 45 heavy (non-hydrogen) atoms. The van der Waals surface area contributed by atoms with E-state index in [1.165, 1.54) is 0 Å². The smallest absolute Gasteiger partial charge is 0.318 e. The van der Waals surface area contributed by atoms with E-state index in [0.717, 1.165) is 48.4 Å². The first-order valence-corrected chi connectivity index (χ1v) is 15.9. The molecule has 2 atom stereocenters. The zero-order valence-electron chi connectivity index (χ0n) is 25.5. The van der Waals surface area contributed by atoms with Crippen LogP contribution in [-0.2, 0) is 30.5 Å². The van der Waals surface area contributed by atoms with Gasteiger partial charge in [-0.15, -0.1) is 0 Å². The van der Waals surface area contributed by atoms with Crippen LogP contribution in [0.25, 0.3) is 10.8 Å². The zero-order chi connectivity index (χ0) is 31.4. The molecule has 1 aliphatic heterocycles. The number of Topliss-reactive ketones (excluding diaryl/α,β-unsaturated/α-hetero) is 1. The van der Waals surface area contributed by atoms with E-state index in [2.05, 4.69) is 16.0 Å². The second-order valence-corrected chi connectivity index (χ2v) is 11.8. The van der Waals surface area contributed by atoms with Gasteiger partial charge in [0.05, 0.1) is 26.4 Å². The largest absolute Gasteiger partial charge is 0.378 e. The third-order valence-corrected chi connectivity index (χ3v) is 8.47. The Morgan fingerprint density at radius 1 is 0.822 bits per heavy atom. The van der Waals surface area contributed by atoms with Gasteiger partial charge in [-0.2, -0.15) is 0 Å². The molecule has 0 unspecified atom stereocenters. The van der Waals surface area contributed by atoms with E-state index in [-0.39, 0.29) is 25.2 Å². The number of rotatable bonds is 12. The number of nitrogens with one attached hydrogen (secondary N) is 3. The summed E-state index contributed by atoms with van der Waals surface area (Å²) in [6.07, 6.45) is 5.74. The molecule has 4 amide bonds. The van der Waals surface area contributed by atoms with Gasteiger partial charge in [-0.25, -0.2) is 4.79 Å². The molecule has 1 saturated carbocycles. The minimum absolute atomic E-state index is 0.200. The van der Waals surface area contributed by atoms with E-state index in [9.17, 15) is 19.2 Å². The maximum absolute atomic E-state index is 13.8. The lowest BCUT2D eigenvalue weighted by atomic mass is 9.84. The molecule has 2 fully saturated rings. The number of amides is 4. The Morgan fingerprint density at radius 3 is 2.29 bits per heavy atom. The monoisotopic (exact) mass is 614 g/mol. The van der Waals surface area contributed by atoms with Gasteiger partial charge in [0, 0.05) is 18.8 Å². The molecule has 238 valence electrons. The standard InChI is InChI=1S/C35H42N4O6/c40-32(34(42)36-29-16-15-27-13-7-8-14-28(27)22-29)31(24-45-23-26-11-5-2-6-12-26)37-33(41)30(21-25-9-3-1-4-10-25)38-35(43)39-17-19-44-20-18-39/h2,5-8,11-16,22,25,30-31H,1,3-4,9-10,17-21,23-24H2,(H,36,42)(H,37,41)(H,38,43)/t30-,31-/m0/s1. The van der Waals surface area contributed by atoms with Crippen molar-refractivity contribution in [2.24, 2.45) is 5.92 Å². The van der Waals surface area contributed by atoms with Crippen LogP contribution in [0.3, 0.4) is 0 Å². The third kappa shape index (κ3) is 9.36. The molecular weight excluding hydrogens is 572 g/mol. The summed E-state index contributed by atoms with van der Waals surface area (Å²) in [5.41, 5.74) is 1.36. The van der Waals surface area contributed by atoms with E-state index < -0.39 is 29.7 Å². The minimum atomic E-state index is -1.25. The summed E-state index contributed by atoms with van der Waals surface area (Å²) in [5.74, 6) is -1.93. The first-order chi connectivity index (χ1) is 22.0. The summed E-state index contributed by atoms with van der Waals surface area (Å²) in [6, 6.07) is 20.1. The Hall–Kier alpha value is -4.28. The summed E-state index contributed by atoms with van der Waals surface area (Å²) >= 11 is 0. The molecule has 5 rings (SSSR count). The van der Waals surface area contributed by atoms with E-state index in [1.807, 2.05) is 60.7 Å². The van der Waals surface area contributed by atoms with Crippen molar-refractivity contribution in [2.45, 2.75) is 57.2 Å². The number of hydrogen-bond donors (Lipinski definition) is 3. The first kappa shape index (κ1) is 32.1. The summed E-state index contributed by atoms with van der Waals surface area (Å²) in [7, 11) is 0. The van der Waals surface area contributed by atoms with Gasteiger partial charge in [0.15, 0.2) is 0 Å². The molecule has 0 aromatic heterocycles. The maximum atomic E-state index is 13.8. The quantitative estimate of drug-likeness (QED) is 0.259. The fraction of sp³-hybridized carbons (Fsp3) is 0.429. The van der Waals surface area contributed by atoms with Crippen LogP contribution in [0.15, 0.2) is 72.8 Å². The number of carbonyl (C=O) groups is 4. The molecule has 3 aromatic rings. The Morgan fingerprint density at radius 2 is 1.53 bits per heavy atom. The van der Waals surface area contributed by atoms with Crippen molar-refractivity contribution in [3.8, 4) is 0 Å². The summed E-state index contributed by atoms with van der Waals surface area (Å²) < 4.78 is 11.2. The molecule has 1 saturated heterocycles. The van der Waals surface area contributed by atoms with Gasteiger partial charge >= 0.3 is 6.03 Å². The summed E-state index contributed by atoms with van der Waals surface area (Å²) in [4.78, 5) is 55.3. The second-order valence-electron chi connectivity index (χ2n) is 11.8. The number of hydrogen-bond acceptors (Lipinski definition) is 6. The van der Waals surface area contributed by atoms with Crippen molar-refractivity contribution < 1.29 is 28.7 Å². The van der Waals surface area contributed by atoms with Crippen LogP contribution in [0.2, 0.25) is 0 Å². The molecule has 0 bridgehead atoms. The molecule has 3 aromatic carbocycles. The van der Waals surface area contributed by atoms with Crippen molar-refractivity contribution in [1.82, 2.24) is 15.5 Å². The average molecular weight is 615 g/mol. The SMILES string of the molecule is O=C(Nc1ccc2ccccc2c1)C(=O)[C@H](COCc1ccccc1)NC(=O)[C@H](CC1CCCCC1)NC(=O)N1CCOCC1. The number of anilines is 1. The molecular formula is C35H42N4O6. The Bertz CT molecular complexity index is 1450. The molecule has 3 N–H and O–H groups in total. The number of ether oxygens (including phenoxy) is 2. The highest BCUT2D eigenvalue weighted by Crippen LogP contribution is 2.27. The maximum Gasteiger partial charge on any atom is 0.318 e. The van der Waals surface area contributed by atoms with Gasteiger partial charge in [0.1, 0.15) is 12.1 Å². The molecule has 0 spiro atoms. The van der Waals surface area contributed by atoms with Crippen LogP contribution >= 0.6 is 0 Å². The Kier molecular flexibility index (Phi) is 11.5. The molecule has 1 heterocycles. The third-order valence-electron chi connectivity index (χ3n) is 8.47. The van der Waals surface area contributed by atoms with Crippen LogP contribution in [-0.4, -0.2) is 73.5 Å². The Labute approximate surface area is 263 Å². The normalized spacial score (nSPS) is 16.8. The highest BCUT2D eigenvalue weighted by atomic mass is 16.5. The lowest BCUT2D eigenvalue weighted by Crippen LogP contribution is -2.57. The highest BCUT2D eigenvalue weighted by molar-refractivity contribution is 6.42. The lowest BCUT2D eigenvalue weighted by Gasteiger charge is -2.31. The van der Waals surface area contributed by atoms with Gasteiger partial charge in [-0.05, 0) is 40.8 Å². The van der Waals surface area contributed by atoms with Crippen LogP contribution < -0.4 is 16.0 Å². The lowest BCUT2D eigenvalue weighted by molar-refractivity contribution is -0.139. The van der Waals surface area contributed by atoms with E-state index in [0.29, 0.717) is 38.4 Å². The van der Waals surface area contributed by atoms with E-state index in [4.69, 9.17) is 9.47 Å². The number of fused-ring (bicyclic) bond motifs is 1. The van der Waals surface area contributed by atoms with Gasteiger partial charge in [0.2, 0.25) is 11.7 Å². The zero-order valence-corrected chi connectivity index (χ0v) is 25.5. The average Bonchev–Trinajstić information content (AvgIpc) is 3.08. The van der Waals surface area contributed by atoms with Crippen molar-refractivity contribution in [3.05, 3.63) is 78.4 Å². The van der Waals surface area contributed by atoms with Crippen molar-refractivity contribution in [2.75, 3.05) is 38.2 Å². The highest BCUT2D eigenvalue weighted by Gasteiger charge is 2.33. The van der Waals surface area contributed by atoms with Crippen LogP contribution in [0.4, 0.5) is 10.5 Å². The van der Waals surface area contributed by atoms with Crippen LogP contribution in [0.5, 0.6) is 0 Å². The van der Waals surface area contributed by atoms with Crippen molar-refractivity contribution >= 4 is 40.1 Å². The molecule has 2 aliphatic rings. The number of benzene rings is 3. The van der Waals surface area contributed by atoms with Crippen molar-refractivity contribution in [3.63, 3.8) is 0 Å². The number of morpholine rings is 1. The Balaban J connectivity index is 1.30. The first-order valence-electron chi connectivity index (χ1n) is 15.9. The number of nitrogens with zero attached hydrogens (tertiary/aromatic N) is 1. The predicted molar refractivity (Wildman–Crippen MR) is 172 cm³/mol. The molecule has 10 nitrogen and oxygen atoms in total. The van der Waals surface area contributed by atoms with Gasteiger partial charge in [-0.1, -0.05) is 92.8 Å². The fourth-order valence-electron chi connectivity index (χ4n) is 5.94. The van der Waals surface area contributed by atoms with Gasteiger partial charge in [-0.3, -0.25) is 14.4 Å². The number of carbonyl (C=O) groups excluding carboxylic acids is 4. The molecule has 10 heteroatoms. The van der Waals surface area contributed by atoms with E-state index in [1.54, 1.807) is 17.0 Å². The molecule has 1 aliphatic carbocycles. The topological polar surface area (TPSA) is 126 Å².